The molecule has 1 saturated heterocycles. The zero-order valence-electron chi connectivity index (χ0n) is 18.0. The van der Waals surface area contributed by atoms with E-state index in [1.54, 1.807) is 20.1 Å². The first-order chi connectivity index (χ1) is 13.7. The van der Waals surface area contributed by atoms with Crippen molar-refractivity contribution in [1.82, 2.24) is 10.2 Å². The van der Waals surface area contributed by atoms with Gasteiger partial charge in [0, 0.05) is 24.9 Å². The maximum atomic E-state index is 12.2. The van der Waals surface area contributed by atoms with Crippen LogP contribution in [0.5, 0.6) is 5.75 Å². The van der Waals surface area contributed by atoms with Crippen molar-refractivity contribution >= 4 is 12.1 Å². The van der Waals surface area contributed by atoms with Crippen LogP contribution in [0.4, 0.5) is 4.79 Å². The molecule has 1 aliphatic heterocycles. The van der Waals surface area contributed by atoms with Crippen molar-refractivity contribution in [2.75, 3.05) is 20.3 Å². The second-order valence-electron chi connectivity index (χ2n) is 8.00. The Morgan fingerprint density at radius 3 is 2.52 bits per heavy atom. The van der Waals surface area contributed by atoms with E-state index in [1.807, 2.05) is 45.0 Å². The van der Waals surface area contributed by atoms with Crippen LogP contribution >= 0.6 is 0 Å². The number of esters is 1. The average molecular weight is 405 g/mol. The van der Waals surface area contributed by atoms with Crippen LogP contribution in [0.25, 0.3) is 0 Å². The van der Waals surface area contributed by atoms with Crippen LogP contribution in [0, 0.1) is 0 Å². The molecule has 1 N–H and O–H groups in total. The Hall–Kier alpha value is -2.70. The maximum absolute atomic E-state index is 12.2. The van der Waals surface area contributed by atoms with E-state index in [9.17, 15) is 9.59 Å². The first kappa shape index (κ1) is 22.6. The van der Waals surface area contributed by atoms with Crippen molar-refractivity contribution in [2.24, 2.45) is 0 Å². The van der Waals surface area contributed by atoms with Crippen LogP contribution in [-0.4, -0.2) is 48.9 Å². The third-order valence-corrected chi connectivity index (χ3v) is 4.42. The van der Waals surface area contributed by atoms with Gasteiger partial charge >= 0.3 is 12.1 Å². The normalized spacial score (nSPS) is 18.3. The first-order valence-electron chi connectivity index (χ1n) is 9.95. The van der Waals surface area contributed by atoms with Crippen LogP contribution < -0.4 is 10.1 Å². The fourth-order valence-corrected chi connectivity index (χ4v) is 3.15. The lowest BCUT2D eigenvalue weighted by molar-refractivity contribution is -0.137. The van der Waals surface area contributed by atoms with Gasteiger partial charge in [-0.3, -0.25) is 0 Å². The number of carbonyl (C=O) groups is 2. The molecule has 0 radical (unpaired) electrons. The average Bonchev–Trinajstić information content (AvgIpc) is 2.63. The van der Waals surface area contributed by atoms with Crippen LogP contribution in [-0.2, 0) is 20.8 Å². The van der Waals surface area contributed by atoms with Gasteiger partial charge in [-0.05, 0) is 58.2 Å². The Morgan fingerprint density at radius 1 is 1.24 bits per heavy atom. The predicted octanol–water partition coefficient (Wildman–Crippen LogP) is 3.63. The number of hydrogen-bond donors (Lipinski definition) is 1. The molecule has 1 aromatic carbocycles. The lowest BCUT2D eigenvalue weighted by Gasteiger charge is -2.37. The summed E-state index contributed by atoms with van der Waals surface area (Å²) < 4.78 is 15.7. The van der Waals surface area contributed by atoms with Crippen molar-refractivity contribution in [2.45, 2.75) is 58.7 Å². The summed E-state index contributed by atoms with van der Waals surface area (Å²) in [6, 6.07) is 7.73. The van der Waals surface area contributed by atoms with Crippen LogP contribution in [0.2, 0.25) is 0 Å². The fraction of sp³-hybridized carbons (Fsp3) is 0.545. The van der Waals surface area contributed by atoms with Gasteiger partial charge in [-0.1, -0.05) is 12.1 Å². The van der Waals surface area contributed by atoms with Crippen molar-refractivity contribution in [3.05, 3.63) is 41.6 Å². The number of hydrogen-bond acceptors (Lipinski definition) is 6. The van der Waals surface area contributed by atoms with Gasteiger partial charge in [0.15, 0.2) is 0 Å². The van der Waals surface area contributed by atoms with Crippen LogP contribution in [0.1, 0.15) is 46.1 Å². The highest BCUT2D eigenvalue weighted by molar-refractivity contribution is 5.82. The molecule has 7 nitrogen and oxygen atoms in total. The summed E-state index contributed by atoms with van der Waals surface area (Å²) in [5.74, 6) is 0.444. The number of alkyl carbamates (subject to hydrolysis) is 1. The van der Waals surface area contributed by atoms with E-state index >= 15 is 0 Å². The Kier molecular flexibility index (Phi) is 7.93. The van der Waals surface area contributed by atoms with Crippen molar-refractivity contribution in [1.29, 1.82) is 0 Å². The molecule has 1 atom stereocenters. The van der Waals surface area contributed by atoms with E-state index in [-0.39, 0.29) is 12.0 Å². The second kappa shape index (κ2) is 10.2. The number of piperidine rings is 1. The highest BCUT2D eigenvalue weighted by Gasteiger charge is 2.27. The molecule has 0 saturated carbocycles. The molecule has 29 heavy (non-hydrogen) atoms. The standard InChI is InChI=1S/C22H32N2O5/c1-6-28-20(25)13-18-10-9-17(23-21(26)29-22(2,3)4)15-24(18)14-16-7-11-19(27-5)12-8-16/h7-8,11-13,17H,6,9-10,14-15H2,1-5H3,(H,23,26)/b18-13+. The van der Waals surface area contributed by atoms with Gasteiger partial charge in [-0.2, -0.15) is 0 Å². The largest absolute Gasteiger partial charge is 0.497 e. The van der Waals surface area contributed by atoms with Crippen molar-refractivity contribution < 1.29 is 23.8 Å². The molecule has 1 amide bonds. The molecule has 0 aliphatic carbocycles. The molecule has 2 rings (SSSR count). The molecule has 1 fully saturated rings. The van der Waals surface area contributed by atoms with E-state index in [0.717, 1.165) is 23.4 Å². The fourth-order valence-electron chi connectivity index (χ4n) is 3.15. The Labute approximate surface area is 173 Å². The highest BCUT2D eigenvalue weighted by Crippen LogP contribution is 2.24. The maximum Gasteiger partial charge on any atom is 0.407 e. The molecule has 160 valence electrons. The topological polar surface area (TPSA) is 77.1 Å². The van der Waals surface area contributed by atoms with Crippen molar-refractivity contribution in [3.8, 4) is 5.75 Å². The zero-order chi connectivity index (χ0) is 21.4. The van der Waals surface area contributed by atoms with E-state index in [1.165, 1.54) is 0 Å². The number of ether oxygens (including phenoxy) is 3. The minimum atomic E-state index is -0.545. The van der Waals surface area contributed by atoms with Crippen LogP contribution in [0.15, 0.2) is 36.0 Å². The summed E-state index contributed by atoms with van der Waals surface area (Å²) in [7, 11) is 1.63. The van der Waals surface area contributed by atoms with Gasteiger partial charge < -0.3 is 24.4 Å². The molecule has 1 heterocycles. The Morgan fingerprint density at radius 2 is 1.93 bits per heavy atom. The molecular formula is C22H32N2O5. The van der Waals surface area contributed by atoms with Gasteiger partial charge in [0.1, 0.15) is 11.4 Å². The summed E-state index contributed by atoms with van der Waals surface area (Å²) in [5, 5.41) is 2.94. The second-order valence-corrected chi connectivity index (χ2v) is 8.00. The monoisotopic (exact) mass is 404 g/mol. The smallest absolute Gasteiger partial charge is 0.407 e. The van der Waals surface area contributed by atoms with E-state index in [2.05, 4.69) is 10.2 Å². The summed E-state index contributed by atoms with van der Waals surface area (Å²) in [5.41, 5.74) is 1.44. The third kappa shape index (κ3) is 7.68. The molecule has 1 unspecified atom stereocenters. The number of amides is 1. The number of benzene rings is 1. The number of nitrogens with one attached hydrogen (secondary N) is 1. The predicted molar refractivity (Wildman–Crippen MR) is 111 cm³/mol. The molecule has 1 aromatic rings. The number of allylic oxidation sites excluding steroid dienone is 1. The number of carbonyl (C=O) groups excluding carboxylic acids is 2. The number of methoxy groups -OCH3 is 1. The van der Waals surface area contributed by atoms with Gasteiger partial charge in [0.05, 0.1) is 19.8 Å². The Bertz CT molecular complexity index is 722. The lowest BCUT2D eigenvalue weighted by Crippen LogP contribution is -2.48. The minimum Gasteiger partial charge on any atom is -0.497 e. The minimum absolute atomic E-state index is 0.0672. The summed E-state index contributed by atoms with van der Waals surface area (Å²) in [6.07, 6.45) is 2.51. The third-order valence-electron chi connectivity index (χ3n) is 4.42. The quantitative estimate of drug-likeness (QED) is 0.576. The van der Waals surface area contributed by atoms with E-state index in [4.69, 9.17) is 14.2 Å². The Balaban J connectivity index is 2.11. The molecule has 1 aliphatic rings. The van der Waals surface area contributed by atoms with Crippen molar-refractivity contribution in [3.63, 3.8) is 0 Å². The zero-order valence-corrected chi connectivity index (χ0v) is 18.0. The number of nitrogens with zero attached hydrogens (tertiary/aromatic N) is 1. The van der Waals surface area contributed by atoms with Gasteiger partial charge in [0.2, 0.25) is 0 Å². The molecule has 0 bridgehead atoms. The highest BCUT2D eigenvalue weighted by atomic mass is 16.6. The van der Waals surface area contributed by atoms with Gasteiger partial charge in [-0.25, -0.2) is 9.59 Å². The van der Waals surface area contributed by atoms with E-state index < -0.39 is 11.7 Å². The molecule has 7 heteroatoms. The number of rotatable bonds is 6. The molecular weight excluding hydrogens is 372 g/mol. The lowest BCUT2D eigenvalue weighted by atomic mass is 10.0. The summed E-state index contributed by atoms with van der Waals surface area (Å²) in [6.45, 7) is 8.83. The van der Waals surface area contributed by atoms with Gasteiger partial charge in [0.25, 0.3) is 0 Å². The van der Waals surface area contributed by atoms with E-state index in [0.29, 0.717) is 26.1 Å². The molecule has 0 aromatic heterocycles. The summed E-state index contributed by atoms with van der Waals surface area (Å²) in [4.78, 5) is 26.2. The number of likely N-dealkylation sites (tertiary alicyclic amines) is 1. The first-order valence-corrected chi connectivity index (χ1v) is 9.95. The van der Waals surface area contributed by atoms with Gasteiger partial charge in [-0.15, -0.1) is 0 Å². The van der Waals surface area contributed by atoms with Crippen LogP contribution in [0.3, 0.4) is 0 Å². The SMILES string of the molecule is CCOC(=O)/C=C1\CCC(NC(=O)OC(C)(C)C)CN1Cc1ccc(OC)cc1. The molecule has 0 spiro atoms. The summed E-state index contributed by atoms with van der Waals surface area (Å²) >= 11 is 0.